The predicted octanol–water partition coefficient (Wildman–Crippen LogP) is 0.314. The van der Waals surface area contributed by atoms with Crippen LogP contribution in [0.2, 0.25) is 0 Å². The fourth-order valence-corrected chi connectivity index (χ4v) is 2.33. The molecule has 0 amide bonds. The monoisotopic (exact) mass is 223 g/mol. The van der Waals surface area contributed by atoms with Crippen molar-refractivity contribution in [3.8, 4) is 0 Å². The van der Waals surface area contributed by atoms with Gasteiger partial charge in [0.05, 0.1) is 25.5 Å². The van der Waals surface area contributed by atoms with Gasteiger partial charge in [-0.2, -0.15) is 0 Å². The Labute approximate surface area is 94.3 Å². The molecule has 1 aromatic rings. The summed E-state index contributed by atoms with van der Waals surface area (Å²) in [5, 5.41) is 0. The van der Waals surface area contributed by atoms with Crippen molar-refractivity contribution in [2.24, 2.45) is 5.73 Å². The molecule has 2 atom stereocenters. The first kappa shape index (κ1) is 10.3. The molecule has 88 valence electrons. The van der Waals surface area contributed by atoms with Crippen LogP contribution in [-0.2, 0) is 22.3 Å². The molecule has 16 heavy (non-hydrogen) atoms. The minimum atomic E-state index is -0.0319. The second kappa shape index (κ2) is 4.16. The molecule has 0 spiro atoms. The SMILES string of the molecule is NC1CCc2nc(C3COCCO3)[nH]c2C1. The molecule has 5 nitrogen and oxygen atoms in total. The van der Waals surface area contributed by atoms with E-state index in [4.69, 9.17) is 15.2 Å². The molecule has 2 aliphatic rings. The van der Waals surface area contributed by atoms with Crippen molar-refractivity contribution in [1.82, 2.24) is 9.97 Å². The molecule has 1 aliphatic carbocycles. The number of hydrogen-bond donors (Lipinski definition) is 2. The van der Waals surface area contributed by atoms with Gasteiger partial charge in [-0.3, -0.25) is 0 Å². The topological polar surface area (TPSA) is 73.2 Å². The van der Waals surface area contributed by atoms with Crippen molar-refractivity contribution >= 4 is 0 Å². The maximum absolute atomic E-state index is 5.93. The van der Waals surface area contributed by atoms with Crippen LogP contribution in [0.5, 0.6) is 0 Å². The first-order valence-electron chi connectivity index (χ1n) is 5.85. The van der Waals surface area contributed by atoms with E-state index < -0.39 is 0 Å². The van der Waals surface area contributed by atoms with Crippen molar-refractivity contribution in [2.75, 3.05) is 19.8 Å². The van der Waals surface area contributed by atoms with E-state index >= 15 is 0 Å². The van der Waals surface area contributed by atoms with Gasteiger partial charge in [0.15, 0.2) is 0 Å². The summed E-state index contributed by atoms with van der Waals surface area (Å²) >= 11 is 0. The summed E-state index contributed by atoms with van der Waals surface area (Å²) in [6.07, 6.45) is 2.87. The zero-order chi connectivity index (χ0) is 11.0. The normalized spacial score (nSPS) is 30.1. The second-order valence-electron chi connectivity index (χ2n) is 4.48. The number of ether oxygens (including phenoxy) is 2. The lowest BCUT2D eigenvalue weighted by Gasteiger charge is -2.20. The summed E-state index contributed by atoms with van der Waals surface area (Å²) in [7, 11) is 0. The molecule has 2 unspecified atom stereocenters. The number of H-pyrrole nitrogens is 1. The van der Waals surface area contributed by atoms with Crippen LogP contribution in [0, 0.1) is 0 Å². The Bertz CT molecular complexity index is 371. The zero-order valence-corrected chi connectivity index (χ0v) is 9.24. The van der Waals surface area contributed by atoms with Crippen molar-refractivity contribution in [1.29, 1.82) is 0 Å². The van der Waals surface area contributed by atoms with E-state index in [2.05, 4.69) is 9.97 Å². The summed E-state index contributed by atoms with van der Waals surface area (Å²) in [6, 6.07) is 0.268. The highest BCUT2D eigenvalue weighted by atomic mass is 16.6. The average molecular weight is 223 g/mol. The summed E-state index contributed by atoms with van der Waals surface area (Å²) in [5.74, 6) is 0.902. The number of aromatic nitrogens is 2. The number of rotatable bonds is 1. The highest BCUT2D eigenvalue weighted by molar-refractivity contribution is 5.20. The number of nitrogens with zero attached hydrogens (tertiary/aromatic N) is 1. The predicted molar refractivity (Wildman–Crippen MR) is 58.1 cm³/mol. The fourth-order valence-electron chi connectivity index (χ4n) is 2.33. The Morgan fingerprint density at radius 3 is 3.12 bits per heavy atom. The number of aromatic amines is 1. The molecule has 0 radical (unpaired) electrons. The van der Waals surface area contributed by atoms with Crippen LogP contribution in [0.3, 0.4) is 0 Å². The summed E-state index contributed by atoms with van der Waals surface area (Å²) in [6.45, 7) is 1.93. The van der Waals surface area contributed by atoms with E-state index in [0.29, 0.717) is 19.8 Å². The highest BCUT2D eigenvalue weighted by Gasteiger charge is 2.24. The first-order valence-corrected chi connectivity index (χ1v) is 5.85. The van der Waals surface area contributed by atoms with Crippen molar-refractivity contribution < 1.29 is 9.47 Å². The van der Waals surface area contributed by atoms with Gasteiger partial charge in [-0.25, -0.2) is 4.98 Å². The van der Waals surface area contributed by atoms with Crippen LogP contribution >= 0.6 is 0 Å². The van der Waals surface area contributed by atoms with E-state index in [1.807, 2.05) is 0 Å². The molecule has 5 heteroatoms. The number of nitrogens with one attached hydrogen (secondary N) is 1. The zero-order valence-electron chi connectivity index (χ0n) is 9.24. The summed E-state index contributed by atoms with van der Waals surface area (Å²) < 4.78 is 11.0. The molecule has 1 fully saturated rings. The van der Waals surface area contributed by atoms with E-state index in [1.165, 1.54) is 5.69 Å². The summed E-state index contributed by atoms with van der Waals surface area (Å²) in [5.41, 5.74) is 8.28. The molecule has 3 N–H and O–H groups in total. The second-order valence-corrected chi connectivity index (χ2v) is 4.48. The van der Waals surface area contributed by atoms with Gasteiger partial charge in [0.25, 0.3) is 0 Å². The molecule has 0 aromatic carbocycles. The lowest BCUT2D eigenvalue weighted by Crippen LogP contribution is -2.27. The first-order chi connectivity index (χ1) is 7.83. The maximum Gasteiger partial charge on any atom is 0.138 e. The van der Waals surface area contributed by atoms with Gasteiger partial charge in [0.2, 0.25) is 0 Å². The van der Waals surface area contributed by atoms with Gasteiger partial charge >= 0.3 is 0 Å². The number of aryl methyl sites for hydroxylation is 1. The maximum atomic E-state index is 5.93. The molecular weight excluding hydrogens is 206 g/mol. The number of imidazole rings is 1. The Morgan fingerprint density at radius 1 is 1.38 bits per heavy atom. The quantitative estimate of drug-likeness (QED) is 0.719. The van der Waals surface area contributed by atoms with Gasteiger partial charge in [0, 0.05) is 18.2 Å². The van der Waals surface area contributed by atoms with Gasteiger partial charge in [-0.05, 0) is 12.8 Å². The number of fused-ring (bicyclic) bond motifs is 1. The van der Waals surface area contributed by atoms with E-state index in [1.54, 1.807) is 0 Å². The number of hydrogen-bond acceptors (Lipinski definition) is 4. The standard InChI is InChI=1S/C11H17N3O2/c12-7-1-2-8-9(5-7)14-11(13-8)10-6-15-3-4-16-10/h7,10H,1-6,12H2,(H,13,14). The van der Waals surface area contributed by atoms with Crippen LogP contribution in [-0.4, -0.2) is 35.8 Å². The number of nitrogens with two attached hydrogens (primary N) is 1. The molecule has 3 rings (SSSR count). The van der Waals surface area contributed by atoms with Gasteiger partial charge in [-0.1, -0.05) is 0 Å². The molecule has 2 heterocycles. The Balaban J connectivity index is 1.80. The van der Waals surface area contributed by atoms with Crippen LogP contribution in [0.1, 0.15) is 29.7 Å². The van der Waals surface area contributed by atoms with Gasteiger partial charge in [-0.15, -0.1) is 0 Å². The van der Waals surface area contributed by atoms with Crippen LogP contribution in [0.4, 0.5) is 0 Å². The lowest BCUT2D eigenvalue weighted by molar-refractivity contribution is -0.0932. The van der Waals surface area contributed by atoms with Crippen LogP contribution < -0.4 is 5.73 Å². The fraction of sp³-hybridized carbons (Fsp3) is 0.727. The Kier molecular flexibility index (Phi) is 2.67. The third-order valence-corrected chi connectivity index (χ3v) is 3.22. The molecule has 0 saturated carbocycles. The van der Waals surface area contributed by atoms with Gasteiger partial charge < -0.3 is 20.2 Å². The third-order valence-electron chi connectivity index (χ3n) is 3.22. The summed E-state index contributed by atoms with van der Waals surface area (Å²) in [4.78, 5) is 7.93. The van der Waals surface area contributed by atoms with E-state index in [-0.39, 0.29) is 12.1 Å². The largest absolute Gasteiger partial charge is 0.376 e. The average Bonchev–Trinajstić information content (AvgIpc) is 2.73. The van der Waals surface area contributed by atoms with Crippen molar-refractivity contribution in [3.05, 3.63) is 17.2 Å². The molecule has 1 aromatic heterocycles. The lowest BCUT2D eigenvalue weighted by atomic mass is 9.97. The van der Waals surface area contributed by atoms with Gasteiger partial charge in [0.1, 0.15) is 11.9 Å². The molecule has 0 bridgehead atoms. The van der Waals surface area contributed by atoms with Crippen LogP contribution in [0.25, 0.3) is 0 Å². The molecule has 1 aliphatic heterocycles. The molecule has 1 saturated heterocycles. The van der Waals surface area contributed by atoms with Crippen molar-refractivity contribution in [2.45, 2.75) is 31.4 Å². The van der Waals surface area contributed by atoms with Crippen LogP contribution in [0.15, 0.2) is 0 Å². The van der Waals surface area contributed by atoms with E-state index in [0.717, 1.165) is 30.8 Å². The minimum absolute atomic E-state index is 0.0319. The van der Waals surface area contributed by atoms with Crippen molar-refractivity contribution in [3.63, 3.8) is 0 Å². The smallest absolute Gasteiger partial charge is 0.138 e. The molecular formula is C11H17N3O2. The Morgan fingerprint density at radius 2 is 2.31 bits per heavy atom. The van der Waals surface area contributed by atoms with E-state index in [9.17, 15) is 0 Å². The third kappa shape index (κ3) is 1.86. The Hall–Kier alpha value is -0.910. The highest BCUT2D eigenvalue weighted by Crippen LogP contribution is 2.23. The minimum Gasteiger partial charge on any atom is -0.376 e.